The molecule has 1 heteroatoms. The first kappa shape index (κ1) is 14.4. The van der Waals surface area contributed by atoms with Crippen molar-refractivity contribution in [2.45, 2.75) is 19.8 Å². The first-order valence-electron chi connectivity index (χ1n) is 7.65. The molecule has 0 heterocycles. The minimum absolute atomic E-state index is 0.295. The van der Waals surface area contributed by atoms with Crippen LogP contribution < -0.4 is 0 Å². The third-order valence-corrected chi connectivity index (χ3v) is 4.00. The first-order valence-corrected chi connectivity index (χ1v) is 7.65. The van der Waals surface area contributed by atoms with Crippen LogP contribution in [-0.4, -0.2) is 5.11 Å². The lowest BCUT2D eigenvalue weighted by Crippen LogP contribution is -1.93. The van der Waals surface area contributed by atoms with Gasteiger partial charge in [0.05, 0.1) is 0 Å². The molecule has 1 aliphatic rings. The molecule has 0 spiro atoms. The van der Waals surface area contributed by atoms with E-state index in [0.29, 0.717) is 5.75 Å². The lowest BCUT2D eigenvalue weighted by Gasteiger charge is -2.13. The molecule has 1 nitrogen and oxygen atoms in total. The zero-order chi connectivity index (χ0) is 15.5. The van der Waals surface area contributed by atoms with Crippen LogP contribution in [0.2, 0.25) is 0 Å². The molecule has 1 saturated carbocycles. The summed E-state index contributed by atoms with van der Waals surface area (Å²) in [5.41, 5.74) is 7.46. The van der Waals surface area contributed by atoms with E-state index in [4.69, 9.17) is 0 Å². The van der Waals surface area contributed by atoms with Crippen molar-refractivity contribution < 1.29 is 5.11 Å². The van der Waals surface area contributed by atoms with Gasteiger partial charge in [0.15, 0.2) is 0 Å². The summed E-state index contributed by atoms with van der Waals surface area (Å²) < 4.78 is 0. The summed E-state index contributed by atoms with van der Waals surface area (Å²) in [4.78, 5) is 0. The Morgan fingerprint density at radius 2 is 1.64 bits per heavy atom. The molecule has 0 saturated heterocycles. The molecule has 1 fully saturated rings. The van der Waals surface area contributed by atoms with Gasteiger partial charge in [-0.3, -0.25) is 0 Å². The minimum atomic E-state index is 0.295. The Balaban J connectivity index is 2.17. The van der Waals surface area contributed by atoms with E-state index in [0.717, 1.165) is 18.4 Å². The Bertz CT molecular complexity index is 746. The third-order valence-electron chi connectivity index (χ3n) is 4.00. The molecule has 0 radical (unpaired) electrons. The van der Waals surface area contributed by atoms with E-state index < -0.39 is 0 Å². The fourth-order valence-electron chi connectivity index (χ4n) is 2.67. The molecular weight excluding hydrogens is 268 g/mol. The maximum Gasteiger partial charge on any atom is 0.115 e. The number of phenols is 1. The van der Waals surface area contributed by atoms with Crippen LogP contribution in [0.25, 0.3) is 5.57 Å². The van der Waals surface area contributed by atoms with Crippen molar-refractivity contribution in [3.63, 3.8) is 0 Å². The van der Waals surface area contributed by atoms with Crippen LogP contribution in [0.5, 0.6) is 5.75 Å². The van der Waals surface area contributed by atoms with Crippen LogP contribution in [0, 0.1) is 0 Å². The second-order valence-corrected chi connectivity index (χ2v) is 5.62. The Labute approximate surface area is 131 Å². The van der Waals surface area contributed by atoms with E-state index in [-0.39, 0.29) is 0 Å². The van der Waals surface area contributed by atoms with Crippen LogP contribution in [0.4, 0.5) is 0 Å². The Morgan fingerprint density at radius 1 is 1.05 bits per heavy atom. The summed E-state index contributed by atoms with van der Waals surface area (Å²) in [5, 5.41) is 9.56. The number of allylic oxidation sites excluding steroid dienone is 4. The van der Waals surface area contributed by atoms with Crippen molar-refractivity contribution in [1.82, 2.24) is 0 Å². The molecule has 1 aliphatic carbocycles. The molecule has 0 bridgehead atoms. The van der Waals surface area contributed by atoms with E-state index in [9.17, 15) is 5.11 Å². The average Bonchev–Trinajstić information content (AvgIpc) is 3.24. The highest BCUT2D eigenvalue weighted by atomic mass is 16.3. The van der Waals surface area contributed by atoms with E-state index in [1.807, 2.05) is 18.2 Å². The van der Waals surface area contributed by atoms with Crippen LogP contribution >= 0.6 is 0 Å². The maximum absolute atomic E-state index is 9.56. The average molecular weight is 288 g/mol. The van der Waals surface area contributed by atoms with Crippen LogP contribution in [0.3, 0.4) is 0 Å². The van der Waals surface area contributed by atoms with E-state index in [1.165, 1.54) is 27.9 Å². The molecule has 2 aromatic rings. The highest BCUT2D eigenvalue weighted by Crippen LogP contribution is 2.38. The maximum atomic E-state index is 9.56. The van der Waals surface area contributed by atoms with Gasteiger partial charge in [-0.15, -0.1) is 0 Å². The smallest absolute Gasteiger partial charge is 0.115 e. The normalized spacial score (nSPS) is 16.6. The largest absolute Gasteiger partial charge is 0.508 e. The van der Waals surface area contributed by atoms with Gasteiger partial charge in [-0.25, -0.2) is 0 Å². The summed E-state index contributed by atoms with van der Waals surface area (Å²) >= 11 is 0. The molecule has 22 heavy (non-hydrogen) atoms. The number of rotatable bonds is 4. The predicted octanol–water partition coefficient (Wildman–Crippen LogP) is 5.49. The van der Waals surface area contributed by atoms with Crippen LogP contribution in [0.15, 0.2) is 84.0 Å². The van der Waals surface area contributed by atoms with Gasteiger partial charge in [0.2, 0.25) is 0 Å². The Morgan fingerprint density at radius 3 is 2.18 bits per heavy atom. The fraction of sp³-hybridized carbons (Fsp3) is 0.143. The quantitative estimate of drug-likeness (QED) is 0.788. The van der Waals surface area contributed by atoms with E-state index in [2.05, 4.69) is 43.8 Å². The molecule has 0 aromatic heterocycles. The summed E-state index contributed by atoms with van der Waals surface area (Å²) in [7, 11) is 0. The van der Waals surface area contributed by atoms with E-state index >= 15 is 0 Å². The van der Waals surface area contributed by atoms with Gasteiger partial charge in [0.25, 0.3) is 0 Å². The zero-order valence-electron chi connectivity index (χ0n) is 12.8. The topological polar surface area (TPSA) is 20.2 Å². The summed E-state index contributed by atoms with van der Waals surface area (Å²) in [6, 6.07) is 17.9. The van der Waals surface area contributed by atoms with Gasteiger partial charge in [-0.2, -0.15) is 0 Å². The molecule has 0 aliphatic heterocycles. The van der Waals surface area contributed by atoms with Crippen molar-refractivity contribution in [2.24, 2.45) is 0 Å². The van der Waals surface area contributed by atoms with Crippen molar-refractivity contribution in [2.75, 3.05) is 0 Å². The highest BCUT2D eigenvalue weighted by molar-refractivity contribution is 5.84. The Kier molecular flexibility index (Phi) is 3.97. The van der Waals surface area contributed by atoms with Crippen molar-refractivity contribution in [3.05, 3.63) is 95.1 Å². The lowest BCUT2D eigenvalue weighted by molar-refractivity contribution is 0.475. The van der Waals surface area contributed by atoms with Crippen LogP contribution in [-0.2, 0) is 0 Å². The number of aromatic hydroxyl groups is 1. The standard InChI is InChI=1S/C21H20O/c1-3-16(14-19-13-15(19)2)21(17-7-5-4-6-8-17)18-9-11-20(22)12-10-18/h4-12,14,22H,2-3,13H2,1H3/b19-14+,21-16-. The second-order valence-electron chi connectivity index (χ2n) is 5.62. The summed E-state index contributed by atoms with van der Waals surface area (Å²) in [6.07, 6.45) is 4.26. The zero-order valence-corrected chi connectivity index (χ0v) is 12.8. The number of phenolic OH excluding ortho intramolecular Hbond substituents is 1. The van der Waals surface area contributed by atoms with Gasteiger partial charge in [-0.05, 0) is 58.4 Å². The molecular formula is C21H20O. The number of hydrogen-bond acceptors (Lipinski definition) is 1. The fourth-order valence-corrected chi connectivity index (χ4v) is 2.67. The van der Waals surface area contributed by atoms with Gasteiger partial charge >= 0.3 is 0 Å². The van der Waals surface area contributed by atoms with Gasteiger partial charge in [-0.1, -0.05) is 62.0 Å². The molecule has 0 atom stereocenters. The molecule has 110 valence electrons. The number of hydrogen-bond donors (Lipinski definition) is 1. The summed E-state index contributed by atoms with van der Waals surface area (Å²) in [5.74, 6) is 0.295. The Hall–Kier alpha value is -2.54. The van der Waals surface area contributed by atoms with Crippen molar-refractivity contribution in [3.8, 4) is 5.75 Å². The van der Waals surface area contributed by atoms with Crippen LogP contribution in [0.1, 0.15) is 30.9 Å². The molecule has 1 N–H and O–H groups in total. The van der Waals surface area contributed by atoms with Crippen molar-refractivity contribution >= 4 is 5.57 Å². The van der Waals surface area contributed by atoms with Crippen molar-refractivity contribution in [1.29, 1.82) is 0 Å². The SMILES string of the molecule is C=C1C/C1=C\C(CC)=C(\c1ccccc1)c1ccc(O)cc1. The molecule has 0 amide bonds. The lowest BCUT2D eigenvalue weighted by atomic mass is 9.91. The number of benzene rings is 2. The minimum Gasteiger partial charge on any atom is -0.508 e. The highest BCUT2D eigenvalue weighted by Gasteiger charge is 2.19. The van der Waals surface area contributed by atoms with E-state index in [1.54, 1.807) is 12.1 Å². The monoisotopic (exact) mass is 288 g/mol. The predicted molar refractivity (Wildman–Crippen MR) is 92.7 cm³/mol. The summed E-state index contributed by atoms with van der Waals surface area (Å²) in [6.45, 7) is 6.21. The molecule has 0 unspecified atom stereocenters. The first-order chi connectivity index (χ1) is 10.7. The molecule has 2 aromatic carbocycles. The van der Waals surface area contributed by atoms with Gasteiger partial charge < -0.3 is 5.11 Å². The van der Waals surface area contributed by atoms with Gasteiger partial charge in [0.1, 0.15) is 5.75 Å². The van der Waals surface area contributed by atoms with Gasteiger partial charge in [0, 0.05) is 0 Å². The second kappa shape index (κ2) is 6.07. The molecule has 3 rings (SSSR count). The third kappa shape index (κ3) is 3.04.